The van der Waals surface area contributed by atoms with Crippen LogP contribution in [0.3, 0.4) is 0 Å². The maximum Gasteiger partial charge on any atom is 0.317 e. The van der Waals surface area contributed by atoms with Gasteiger partial charge in [-0.25, -0.2) is 0 Å². The van der Waals surface area contributed by atoms with Crippen LogP contribution in [-0.2, 0) is 14.3 Å². The Morgan fingerprint density at radius 3 is 1.82 bits per heavy atom. The average molecular weight is 469 g/mol. The highest BCUT2D eigenvalue weighted by Gasteiger charge is 2.38. The molecule has 5 nitrogen and oxygen atoms in total. The molecule has 0 aliphatic heterocycles. The van der Waals surface area contributed by atoms with E-state index in [9.17, 15) is 9.59 Å². The van der Waals surface area contributed by atoms with Gasteiger partial charge >= 0.3 is 11.9 Å². The van der Waals surface area contributed by atoms with Crippen LogP contribution in [0.4, 0.5) is 0 Å². The van der Waals surface area contributed by atoms with Crippen molar-refractivity contribution in [1.82, 2.24) is 0 Å². The van der Waals surface area contributed by atoms with E-state index in [2.05, 4.69) is 26.0 Å². The fraction of sp³-hybridized carbons (Fsp3) is 0.517. The van der Waals surface area contributed by atoms with Crippen LogP contribution in [0.1, 0.15) is 85.6 Å². The van der Waals surface area contributed by atoms with Crippen LogP contribution < -0.4 is 9.47 Å². The second-order valence-electron chi connectivity index (χ2n) is 9.57. The van der Waals surface area contributed by atoms with Gasteiger partial charge in [-0.1, -0.05) is 46.8 Å². The molecule has 0 saturated heterocycles. The van der Waals surface area contributed by atoms with Crippen LogP contribution in [0.25, 0.3) is 0 Å². The number of carbonyl (C=O) groups excluding carboxylic acids is 2. The Kier molecular flexibility index (Phi) is 10.2. The summed E-state index contributed by atoms with van der Waals surface area (Å²) >= 11 is 0. The van der Waals surface area contributed by atoms with Crippen LogP contribution in [-0.4, -0.2) is 18.0 Å². The van der Waals surface area contributed by atoms with Gasteiger partial charge < -0.3 is 14.2 Å². The van der Waals surface area contributed by atoms with E-state index in [1.165, 1.54) is 5.56 Å². The lowest BCUT2D eigenvalue weighted by atomic mass is 9.78. The number of esters is 2. The smallest absolute Gasteiger partial charge is 0.317 e. The molecule has 0 radical (unpaired) electrons. The van der Waals surface area contributed by atoms with Gasteiger partial charge in [0, 0.05) is 0 Å². The second-order valence-corrected chi connectivity index (χ2v) is 9.57. The maximum absolute atomic E-state index is 13.1. The summed E-state index contributed by atoms with van der Waals surface area (Å²) in [4.78, 5) is 25.6. The topological polar surface area (TPSA) is 61.8 Å². The molecule has 0 bridgehead atoms. The normalized spacial score (nSPS) is 14.7. The fourth-order valence-electron chi connectivity index (χ4n) is 3.55. The minimum Gasteiger partial charge on any atom is -0.462 e. The zero-order valence-electron chi connectivity index (χ0n) is 21.7. The van der Waals surface area contributed by atoms with E-state index in [1.54, 1.807) is 24.3 Å². The zero-order chi connectivity index (χ0) is 25.3. The van der Waals surface area contributed by atoms with E-state index >= 15 is 0 Å². The lowest BCUT2D eigenvalue weighted by molar-refractivity contribution is -0.157. The third kappa shape index (κ3) is 7.61. The van der Waals surface area contributed by atoms with Crippen molar-refractivity contribution in [1.29, 1.82) is 0 Å². The van der Waals surface area contributed by atoms with Crippen LogP contribution in [0.15, 0.2) is 48.5 Å². The van der Waals surface area contributed by atoms with Crippen molar-refractivity contribution < 1.29 is 23.8 Å². The number of benzene rings is 2. The molecule has 0 spiro atoms. The first-order valence-corrected chi connectivity index (χ1v) is 12.4. The van der Waals surface area contributed by atoms with Crippen LogP contribution in [0, 0.1) is 11.3 Å². The van der Waals surface area contributed by atoms with Gasteiger partial charge in [0.25, 0.3) is 0 Å². The van der Waals surface area contributed by atoms with Gasteiger partial charge in [-0.3, -0.25) is 9.59 Å². The molecule has 0 aromatic heterocycles. The Balaban J connectivity index is 2.02. The summed E-state index contributed by atoms with van der Waals surface area (Å²) in [5, 5.41) is 0. The van der Waals surface area contributed by atoms with Crippen molar-refractivity contribution in [3.8, 4) is 17.2 Å². The zero-order valence-corrected chi connectivity index (χ0v) is 21.7. The number of hydrogen-bond acceptors (Lipinski definition) is 5. The number of carbonyl (C=O) groups is 2. The molecule has 0 heterocycles. The van der Waals surface area contributed by atoms with Gasteiger partial charge in [0.15, 0.2) is 0 Å². The minimum absolute atomic E-state index is 0.129. The summed E-state index contributed by atoms with van der Waals surface area (Å²) in [6, 6.07) is 15.0. The Hall–Kier alpha value is -2.82. The van der Waals surface area contributed by atoms with E-state index in [4.69, 9.17) is 14.2 Å². The summed E-state index contributed by atoms with van der Waals surface area (Å²) in [5.74, 6) is 1.40. The summed E-state index contributed by atoms with van der Waals surface area (Å²) in [7, 11) is 0. The first-order valence-electron chi connectivity index (χ1n) is 12.4. The summed E-state index contributed by atoms with van der Waals surface area (Å²) in [5.41, 5.74) is 0.467. The van der Waals surface area contributed by atoms with Gasteiger partial charge in [-0.2, -0.15) is 0 Å². The predicted octanol–water partition coefficient (Wildman–Crippen LogP) is 7.68. The molecule has 186 valence electrons. The molecule has 5 heteroatoms. The summed E-state index contributed by atoms with van der Waals surface area (Å²) in [6.07, 6.45) is 2.20. The summed E-state index contributed by atoms with van der Waals surface area (Å²) in [6.45, 7) is 13.9. The van der Waals surface area contributed by atoms with Crippen molar-refractivity contribution in [2.45, 2.75) is 86.2 Å². The van der Waals surface area contributed by atoms with Gasteiger partial charge in [-0.05, 0) is 87.4 Å². The van der Waals surface area contributed by atoms with E-state index in [-0.39, 0.29) is 24.0 Å². The first-order chi connectivity index (χ1) is 16.1. The molecule has 2 aromatic rings. The lowest BCUT2D eigenvalue weighted by Crippen LogP contribution is -2.36. The molecule has 2 aromatic carbocycles. The Bertz CT molecular complexity index is 917. The van der Waals surface area contributed by atoms with Crippen molar-refractivity contribution in [2.24, 2.45) is 11.3 Å². The SMILES string of the molecule is CCC(C)OC(=O)C(CC)CC(C)(CC)C(=O)Oc1ccc(Oc2ccc(C(C)C)cc2)cc1. The van der Waals surface area contributed by atoms with Gasteiger partial charge in [-0.15, -0.1) is 0 Å². The molecule has 0 fully saturated rings. The quantitative estimate of drug-likeness (QED) is 0.236. The molecule has 0 N–H and O–H groups in total. The van der Waals surface area contributed by atoms with Crippen LogP contribution >= 0.6 is 0 Å². The standard InChI is InChI=1S/C29H40O5/c1-8-21(6)32-27(30)22(9-2)19-29(7,10-3)28(31)34-26-17-15-25(16-18-26)33-24-13-11-23(12-14-24)20(4)5/h11-18,20-22H,8-10,19H2,1-7H3. The molecule has 0 aliphatic carbocycles. The summed E-state index contributed by atoms with van der Waals surface area (Å²) < 4.78 is 17.1. The van der Waals surface area contributed by atoms with E-state index in [0.717, 1.165) is 12.2 Å². The van der Waals surface area contributed by atoms with E-state index < -0.39 is 5.41 Å². The Morgan fingerprint density at radius 2 is 1.35 bits per heavy atom. The molecule has 3 atom stereocenters. The molecule has 34 heavy (non-hydrogen) atoms. The van der Waals surface area contributed by atoms with Crippen molar-refractivity contribution >= 4 is 11.9 Å². The molecular weight excluding hydrogens is 428 g/mol. The molecule has 3 unspecified atom stereocenters. The van der Waals surface area contributed by atoms with Gasteiger partial charge in [0.1, 0.15) is 17.2 Å². The highest BCUT2D eigenvalue weighted by Crippen LogP contribution is 2.34. The van der Waals surface area contributed by atoms with Crippen molar-refractivity contribution in [3.05, 3.63) is 54.1 Å². The molecule has 0 saturated carbocycles. The lowest BCUT2D eigenvalue weighted by Gasteiger charge is -2.29. The number of hydrogen-bond donors (Lipinski definition) is 0. The predicted molar refractivity (Wildman–Crippen MR) is 135 cm³/mol. The van der Waals surface area contributed by atoms with Crippen molar-refractivity contribution in [3.63, 3.8) is 0 Å². The third-order valence-corrected chi connectivity index (χ3v) is 6.51. The van der Waals surface area contributed by atoms with Gasteiger partial charge in [0.2, 0.25) is 0 Å². The Morgan fingerprint density at radius 1 is 0.824 bits per heavy atom. The number of ether oxygens (including phenoxy) is 3. The average Bonchev–Trinajstić information content (AvgIpc) is 2.83. The maximum atomic E-state index is 13.1. The molecule has 0 aliphatic rings. The van der Waals surface area contributed by atoms with Crippen molar-refractivity contribution in [2.75, 3.05) is 0 Å². The Labute approximate surface area is 204 Å². The molecular formula is C29H40O5. The monoisotopic (exact) mass is 468 g/mol. The second kappa shape index (κ2) is 12.6. The van der Waals surface area contributed by atoms with E-state index in [0.29, 0.717) is 36.7 Å². The molecule has 0 amide bonds. The highest BCUT2D eigenvalue weighted by molar-refractivity contribution is 5.80. The van der Waals surface area contributed by atoms with Gasteiger partial charge in [0.05, 0.1) is 17.4 Å². The number of rotatable bonds is 12. The molecule has 2 rings (SSSR count). The highest BCUT2D eigenvalue weighted by atomic mass is 16.5. The first kappa shape index (κ1) is 27.4. The fourth-order valence-corrected chi connectivity index (χ4v) is 3.55. The van der Waals surface area contributed by atoms with Crippen LogP contribution in [0.5, 0.6) is 17.2 Å². The van der Waals surface area contributed by atoms with E-state index in [1.807, 2.05) is 46.8 Å². The minimum atomic E-state index is -0.789. The third-order valence-electron chi connectivity index (χ3n) is 6.51. The van der Waals surface area contributed by atoms with Crippen LogP contribution in [0.2, 0.25) is 0 Å². The largest absolute Gasteiger partial charge is 0.462 e.